The van der Waals surface area contributed by atoms with Crippen LogP contribution < -0.4 is 16.0 Å². The standard InChI is InChI=1S/C17H21FN4O4/c1-3-9-19-15(25)20-13(23)10-22-14(24)17(4-2,21-16(22)26)11-5-7-12(18)8-6-11/h5-8H,3-4,9-10H2,1-2H3,(H,21,26)(H2,19,20,23,25)/t17-/m0/s1. The monoisotopic (exact) mass is 364 g/mol. The van der Waals surface area contributed by atoms with Crippen LogP contribution >= 0.6 is 0 Å². The Bertz CT molecular complexity index is 722. The third-order valence-electron chi connectivity index (χ3n) is 4.13. The topological polar surface area (TPSA) is 108 Å². The minimum absolute atomic E-state index is 0.221. The Morgan fingerprint density at radius 3 is 2.42 bits per heavy atom. The number of hydrogen-bond acceptors (Lipinski definition) is 4. The van der Waals surface area contributed by atoms with Crippen LogP contribution in [0.2, 0.25) is 0 Å². The first kappa shape index (κ1) is 19.4. The number of carbonyl (C=O) groups is 4. The number of carbonyl (C=O) groups excluding carboxylic acids is 4. The van der Waals surface area contributed by atoms with Gasteiger partial charge in [0, 0.05) is 6.54 Å². The first-order chi connectivity index (χ1) is 12.3. The molecule has 1 aromatic rings. The zero-order valence-corrected chi connectivity index (χ0v) is 14.6. The number of hydrogen-bond donors (Lipinski definition) is 3. The molecule has 1 aromatic carbocycles. The van der Waals surface area contributed by atoms with E-state index in [9.17, 15) is 23.6 Å². The van der Waals surface area contributed by atoms with Gasteiger partial charge in [0.05, 0.1) is 0 Å². The summed E-state index contributed by atoms with van der Waals surface area (Å²) in [6.07, 6.45) is 0.920. The molecule has 2 rings (SSSR count). The summed E-state index contributed by atoms with van der Waals surface area (Å²) in [4.78, 5) is 49.2. The highest BCUT2D eigenvalue weighted by atomic mass is 19.1. The van der Waals surface area contributed by atoms with Crippen LogP contribution in [0.3, 0.4) is 0 Å². The number of nitrogens with zero attached hydrogens (tertiary/aromatic N) is 1. The van der Waals surface area contributed by atoms with Crippen molar-refractivity contribution in [2.24, 2.45) is 0 Å². The van der Waals surface area contributed by atoms with Gasteiger partial charge in [-0.25, -0.2) is 14.0 Å². The van der Waals surface area contributed by atoms with Crippen LogP contribution in [0.25, 0.3) is 0 Å². The summed E-state index contributed by atoms with van der Waals surface area (Å²) in [7, 11) is 0. The molecule has 0 unspecified atom stereocenters. The third-order valence-corrected chi connectivity index (χ3v) is 4.13. The minimum Gasteiger partial charge on any atom is -0.338 e. The summed E-state index contributed by atoms with van der Waals surface area (Å²) in [5, 5.41) is 7.10. The van der Waals surface area contributed by atoms with Gasteiger partial charge in [-0.05, 0) is 30.5 Å². The molecule has 3 N–H and O–H groups in total. The van der Waals surface area contributed by atoms with Crippen molar-refractivity contribution in [1.29, 1.82) is 0 Å². The fourth-order valence-corrected chi connectivity index (χ4v) is 2.74. The summed E-state index contributed by atoms with van der Waals surface area (Å²) in [6.45, 7) is 3.36. The van der Waals surface area contributed by atoms with Gasteiger partial charge in [-0.2, -0.15) is 0 Å². The fourth-order valence-electron chi connectivity index (χ4n) is 2.74. The highest BCUT2D eigenvalue weighted by molar-refractivity contribution is 6.10. The van der Waals surface area contributed by atoms with Crippen LogP contribution in [0, 0.1) is 5.82 Å². The lowest BCUT2D eigenvalue weighted by molar-refractivity contribution is -0.135. The van der Waals surface area contributed by atoms with E-state index in [1.807, 2.05) is 6.92 Å². The van der Waals surface area contributed by atoms with Crippen LogP contribution in [-0.4, -0.2) is 41.9 Å². The maximum Gasteiger partial charge on any atom is 0.325 e. The van der Waals surface area contributed by atoms with Gasteiger partial charge in [0.2, 0.25) is 5.91 Å². The van der Waals surface area contributed by atoms with Crippen LogP contribution in [0.1, 0.15) is 32.3 Å². The fraction of sp³-hybridized carbons (Fsp3) is 0.412. The van der Waals surface area contributed by atoms with Crippen LogP contribution in [0.4, 0.5) is 14.0 Å². The Balaban J connectivity index is 2.13. The molecule has 0 aromatic heterocycles. The zero-order chi connectivity index (χ0) is 19.3. The largest absolute Gasteiger partial charge is 0.338 e. The van der Waals surface area contributed by atoms with Gasteiger partial charge in [0.1, 0.15) is 17.9 Å². The summed E-state index contributed by atoms with van der Waals surface area (Å²) < 4.78 is 13.2. The molecule has 0 bridgehead atoms. The molecule has 1 aliphatic rings. The van der Waals surface area contributed by atoms with E-state index in [1.54, 1.807) is 6.92 Å². The first-order valence-corrected chi connectivity index (χ1v) is 8.32. The average molecular weight is 364 g/mol. The van der Waals surface area contributed by atoms with Gasteiger partial charge in [-0.15, -0.1) is 0 Å². The van der Waals surface area contributed by atoms with Crippen molar-refractivity contribution in [3.05, 3.63) is 35.6 Å². The Hall–Kier alpha value is -2.97. The number of amides is 6. The van der Waals surface area contributed by atoms with E-state index in [1.165, 1.54) is 24.3 Å². The van der Waals surface area contributed by atoms with E-state index in [2.05, 4.69) is 16.0 Å². The smallest absolute Gasteiger partial charge is 0.325 e. The molecule has 0 aliphatic carbocycles. The van der Waals surface area contributed by atoms with E-state index in [4.69, 9.17) is 0 Å². The van der Waals surface area contributed by atoms with Gasteiger partial charge in [0.15, 0.2) is 0 Å². The lowest BCUT2D eigenvalue weighted by Crippen LogP contribution is -2.47. The second kappa shape index (κ2) is 7.94. The van der Waals surface area contributed by atoms with E-state index < -0.39 is 41.8 Å². The van der Waals surface area contributed by atoms with E-state index in [0.717, 1.165) is 4.90 Å². The maximum absolute atomic E-state index is 13.2. The molecule has 1 heterocycles. The summed E-state index contributed by atoms with van der Waals surface area (Å²) >= 11 is 0. The molecule has 1 aliphatic heterocycles. The van der Waals surface area contributed by atoms with Gasteiger partial charge in [0.25, 0.3) is 5.91 Å². The molecule has 0 radical (unpaired) electrons. The molecule has 1 fully saturated rings. The minimum atomic E-state index is -1.37. The van der Waals surface area contributed by atoms with Crippen LogP contribution in [0.15, 0.2) is 24.3 Å². The van der Waals surface area contributed by atoms with Crippen molar-refractivity contribution in [2.45, 2.75) is 32.2 Å². The lowest BCUT2D eigenvalue weighted by Gasteiger charge is -2.25. The molecule has 6 amide bonds. The normalized spacial score (nSPS) is 19.3. The first-order valence-electron chi connectivity index (χ1n) is 8.32. The van der Waals surface area contributed by atoms with Gasteiger partial charge >= 0.3 is 12.1 Å². The summed E-state index contributed by atoms with van der Waals surface area (Å²) in [6, 6.07) is 3.78. The Morgan fingerprint density at radius 2 is 1.85 bits per heavy atom. The van der Waals surface area contributed by atoms with Gasteiger partial charge in [-0.3, -0.25) is 19.8 Å². The van der Waals surface area contributed by atoms with E-state index >= 15 is 0 Å². The van der Waals surface area contributed by atoms with Crippen molar-refractivity contribution in [3.8, 4) is 0 Å². The molecule has 1 atom stereocenters. The SMILES string of the molecule is CCCNC(=O)NC(=O)CN1C(=O)N[C@@](CC)(c2ccc(F)cc2)C1=O. The predicted molar refractivity (Wildman–Crippen MR) is 90.4 cm³/mol. The molecular formula is C17H21FN4O4. The van der Waals surface area contributed by atoms with Crippen LogP contribution in [-0.2, 0) is 15.1 Å². The number of benzene rings is 1. The predicted octanol–water partition coefficient (Wildman–Crippen LogP) is 1.22. The maximum atomic E-state index is 13.2. The van der Waals surface area contributed by atoms with Crippen molar-refractivity contribution >= 4 is 23.9 Å². The lowest BCUT2D eigenvalue weighted by atomic mass is 9.87. The second-order valence-electron chi connectivity index (χ2n) is 5.89. The summed E-state index contributed by atoms with van der Waals surface area (Å²) in [5.74, 6) is -1.88. The second-order valence-corrected chi connectivity index (χ2v) is 5.89. The van der Waals surface area contributed by atoms with Gasteiger partial charge < -0.3 is 10.6 Å². The van der Waals surface area contributed by atoms with Crippen molar-refractivity contribution in [2.75, 3.05) is 13.1 Å². The molecule has 9 heteroatoms. The average Bonchev–Trinajstić information content (AvgIpc) is 2.85. The molecule has 1 saturated heterocycles. The Kier molecular flexibility index (Phi) is 5.91. The number of nitrogens with one attached hydrogen (secondary N) is 3. The molecule has 0 saturated carbocycles. The number of halogens is 1. The highest BCUT2D eigenvalue weighted by Gasteiger charge is 2.51. The Morgan fingerprint density at radius 1 is 1.19 bits per heavy atom. The third kappa shape index (κ3) is 3.81. The molecule has 0 spiro atoms. The number of imide groups is 2. The van der Waals surface area contributed by atoms with E-state index in [0.29, 0.717) is 18.5 Å². The molecular weight excluding hydrogens is 343 g/mol. The van der Waals surface area contributed by atoms with Crippen molar-refractivity contribution in [1.82, 2.24) is 20.9 Å². The number of rotatable bonds is 6. The van der Waals surface area contributed by atoms with Gasteiger partial charge in [-0.1, -0.05) is 26.0 Å². The van der Waals surface area contributed by atoms with Crippen LogP contribution in [0.5, 0.6) is 0 Å². The number of urea groups is 2. The Labute approximate surface area is 150 Å². The van der Waals surface area contributed by atoms with E-state index in [-0.39, 0.29) is 6.42 Å². The molecule has 8 nitrogen and oxygen atoms in total. The highest BCUT2D eigenvalue weighted by Crippen LogP contribution is 2.32. The summed E-state index contributed by atoms with van der Waals surface area (Å²) in [5.41, 5.74) is -0.946. The van der Waals surface area contributed by atoms with Crippen molar-refractivity contribution < 1.29 is 23.6 Å². The molecule has 26 heavy (non-hydrogen) atoms. The quantitative estimate of drug-likeness (QED) is 0.660. The zero-order valence-electron chi connectivity index (χ0n) is 14.6. The molecule has 140 valence electrons. The van der Waals surface area contributed by atoms with Crippen molar-refractivity contribution in [3.63, 3.8) is 0 Å².